The molecule has 0 atom stereocenters. The van der Waals surface area contributed by atoms with Crippen LogP contribution in [0.1, 0.15) is 33.7 Å². The third-order valence-corrected chi connectivity index (χ3v) is 3.04. The average Bonchev–Trinajstić information content (AvgIpc) is 2.50. The zero-order chi connectivity index (χ0) is 15.9. The van der Waals surface area contributed by atoms with Crippen LogP contribution in [0.3, 0.4) is 0 Å². The topological polar surface area (TPSA) is 80.2 Å². The Morgan fingerprint density at radius 3 is 2.55 bits per heavy atom. The maximum absolute atomic E-state index is 11.9. The van der Waals surface area contributed by atoms with Crippen molar-refractivity contribution in [1.82, 2.24) is 9.97 Å². The fraction of sp³-hybridized carbons (Fsp3) is 0.176. The maximum Gasteiger partial charge on any atom is 0.354 e. The number of carbonyl (C=O) groups is 2. The maximum atomic E-state index is 11.9. The number of carboxylic acid groups (broad SMARTS) is 1. The number of carbonyl (C=O) groups excluding carboxylic acids is 1. The van der Waals surface area contributed by atoms with Crippen LogP contribution in [-0.4, -0.2) is 26.8 Å². The van der Waals surface area contributed by atoms with Crippen molar-refractivity contribution in [2.45, 2.75) is 19.8 Å². The average molecular weight is 296 g/mol. The van der Waals surface area contributed by atoms with Gasteiger partial charge < -0.3 is 5.11 Å². The van der Waals surface area contributed by atoms with Crippen molar-refractivity contribution in [2.75, 3.05) is 0 Å². The highest BCUT2D eigenvalue weighted by atomic mass is 16.4. The van der Waals surface area contributed by atoms with Crippen LogP contribution in [0.4, 0.5) is 0 Å². The lowest BCUT2D eigenvalue weighted by Crippen LogP contribution is -2.04. The number of pyridine rings is 2. The van der Waals surface area contributed by atoms with Crippen LogP contribution in [0, 0.1) is 6.92 Å². The molecule has 5 heteroatoms. The molecule has 0 unspecified atom stereocenters. The monoisotopic (exact) mass is 296 g/mol. The van der Waals surface area contributed by atoms with Gasteiger partial charge in [0.15, 0.2) is 0 Å². The predicted molar refractivity (Wildman–Crippen MR) is 82.5 cm³/mol. The summed E-state index contributed by atoms with van der Waals surface area (Å²) in [6, 6.07) is 6.87. The van der Waals surface area contributed by atoms with Gasteiger partial charge in [0, 0.05) is 30.9 Å². The summed E-state index contributed by atoms with van der Waals surface area (Å²) in [5.74, 6) is -1.03. The molecule has 0 fully saturated rings. The van der Waals surface area contributed by atoms with Gasteiger partial charge in [-0.2, -0.15) is 0 Å². The van der Waals surface area contributed by atoms with Crippen molar-refractivity contribution in [3.63, 3.8) is 0 Å². The van der Waals surface area contributed by atoms with Gasteiger partial charge in [0.2, 0.25) is 0 Å². The van der Waals surface area contributed by atoms with Crippen molar-refractivity contribution >= 4 is 17.8 Å². The predicted octanol–water partition coefficient (Wildman–Crippen LogP) is 2.70. The van der Waals surface area contributed by atoms with E-state index in [4.69, 9.17) is 5.11 Å². The molecule has 0 aliphatic heterocycles. The Hall–Kier alpha value is -2.82. The first-order chi connectivity index (χ1) is 10.5. The van der Waals surface area contributed by atoms with Gasteiger partial charge in [0.1, 0.15) is 11.5 Å². The summed E-state index contributed by atoms with van der Waals surface area (Å²) >= 11 is 0. The Morgan fingerprint density at radius 1 is 1.14 bits per heavy atom. The van der Waals surface area contributed by atoms with Gasteiger partial charge in [-0.25, -0.2) is 9.78 Å². The molecule has 2 heterocycles. The number of aromatic carboxylic acids is 1. The molecule has 0 aliphatic carbocycles. The highest BCUT2D eigenvalue weighted by Gasteiger charge is 2.06. The second-order valence-corrected chi connectivity index (χ2v) is 4.91. The molecule has 0 aliphatic rings. The summed E-state index contributed by atoms with van der Waals surface area (Å²) in [5.41, 5.74) is 2.58. The number of Topliss-reactive ketones (excluding diaryl/α,β-unsaturated/α-hetero) is 1. The Morgan fingerprint density at radius 2 is 1.95 bits per heavy atom. The van der Waals surface area contributed by atoms with E-state index in [0.717, 1.165) is 11.3 Å². The van der Waals surface area contributed by atoms with Crippen LogP contribution in [-0.2, 0) is 11.2 Å². The normalized spacial score (nSPS) is 10.8. The second kappa shape index (κ2) is 7.26. The van der Waals surface area contributed by atoms with Gasteiger partial charge in [0.05, 0.1) is 0 Å². The van der Waals surface area contributed by atoms with Gasteiger partial charge in [-0.1, -0.05) is 24.3 Å². The third kappa shape index (κ3) is 4.63. The van der Waals surface area contributed by atoms with Crippen LogP contribution in [0.15, 0.2) is 42.7 Å². The summed E-state index contributed by atoms with van der Waals surface area (Å²) in [5, 5.41) is 8.76. The van der Waals surface area contributed by atoms with E-state index in [1.807, 2.05) is 25.1 Å². The number of carboxylic acids is 1. The Labute approximate surface area is 128 Å². The van der Waals surface area contributed by atoms with Gasteiger partial charge in [-0.3, -0.25) is 9.78 Å². The molecule has 0 amide bonds. The molecule has 2 aromatic heterocycles. The fourth-order valence-electron chi connectivity index (χ4n) is 1.86. The molecular formula is C17H16N2O3. The molecule has 2 aromatic rings. The summed E-state index contributed by atoms with van der Waals surface area (Å²) in [4.78, 5) is 30.5. The first kappa shape index (κ1) is 15.6. The Kier molecular flexibility index (Phi) is 5.14. The van der Waals surface area contributed by atoms with Crippen LogP contribution >= 0.6 is 0 Å². The van der Waals surface area contributed by atoms with Gasteiger partial charge >= 0.3 is 5.97 Å². The van der Waals surface area contributed by atoms with Gasteiger partial charge in [-0.15, -0.1) is 0 Å². The number of ketones is 1. The summed E-state index contributed by atoms with van der Waals surface area (Å²) in [7, 11) is 0. The molecule has 0 saturated heterocycles. The first-order valence-corrected chi connectivity index (χ1v) is 6.84. The number of aromatic nitrogens is 2. The van der Waals surface area contributed by atoms with E-state index in [0.29, 0.717) is 12.0 Å². The molecule has 0 saturated carbocycles. The van der Waals surface area contributed by atoms with E-state index in [-0.39, 0.29) is 17.9 Å². The van der Waals surface area contributed by atoms with E-state index in [2.05, 4.69) is 9.97 Å². The Balaban J connectivity index is 1.87. The third-order valence-electron chi connectivity index (χ3n) is 3.04. The number of nitrogens with zero attached hydrogens (tertiary/aromatic N) is 2. The SMILES string of the molecule is Cc1ccc(/C=C/CC(=O)Cc2ccc(C(=O)O)nc2)cn1. The van der Waals surface area contributed by atoms with Crippen molar-refractivity contribution in [3.05, 3.63) is 65.2 Å². The minimum atomic E-state index is -1.08. The lowest BCUT2D eigenvalue weighted by atomic mass is 10.1. The number of hydrogen-bond donors (Lipinski definition) is 1. The minimum absolute atomic E-state index is 0.0250. The molecule has 22 heavy (non-hydrogen) atoms. The van der Waals surface area contributed by atoms with Crippen LogP contribution in [0.2, 0.25) is 0 Å². The smallest absolute Gasteiger partial charge is 0.354 e. The highest BCUT2D eigenvalue weighted by Crippen LogP contribution is 2.06. The largest absolute Gasteiger partial charge is 0.477 e. The second-order valence-electron chi connectivity index (χ2n) is 4.91. The van der Waals surface area contributed by atoms with E-state index in [1.165, 1.54) is 12.3 Å². The minimum Gasteiger partial charge on any atom is -0.477 e. The number of hydrogen-bond acceptors (Lipinski definition) is 4. The van der Waals surface area contributed by atoms with Crippen LogP contribution in [0.5, 0.6) is 0 Å². The molecule has 0 bridgehead atoms. The molecule has 2 rings (SSSR count). The van der Waals surface area contributed by atoms with E-state index < -0.39 is 5.97 Å². The highest BCUT2D eigenvalue weighted by molar-refractivity contribution is 5.86. The van der Waals surface area contributed by atoms with Crippen molar-refractivity contribution < 1.29 is 14.7 Å². The zero-order valence-corrected chi connectivity index (χ0v) is 12.2. The van der Waals surface area contributed by atoms with Crippen LogP contribution in [0.25, 0.3) is 6.08 Å². The first-order valence-electron chi connectivity index (χ1n) is 6.84. The van der Waals surface area contributed by atoms with E-state index in [1.54, 1.807) is 18.3 Å². The lowest BCUT2D eigenvalue weighted by molar-refractivity contribution is -0.117. The summed E-state index contributed by atoms with van der Waals surface area (Å²) in [6.45, 7) is 1.92. The lowest BCUT2D eigenvalue weighted by Gasteiger charge is -2.00. The quantitative estimate of drug-likeness (QED) is 0.886. The number of allylic oxidation sites excluding steroid dienone is 1. The standard InChI is InChI=1S/C17H16N2O3/c1-12-5-6-13(10-18-12)3-2-4-15(20)9-14-7-8-16(17(21)22)19-11-14/h2-3,5-8,10-11H,4,9H2,1H3,(H,21,22)/b3-2+. The van der Waals surface area contributed by atoms with Crippen molar-refractivity contribution in [1.29, 1.82) is 0 Å². The summed E-state index contributed by atoms with van der Waals surface area (Å²) in [6.07, 6.45) is 7.39. The van der Waals surface area contributed by atoms with E-state index in [9.17, 15) is 9.59 Å². The van der Waals surface area contributed by atoms with E-state index >= 15 is 0 Å². The van der Waals surface area contributed by atoms with Crippen LogP contribution < -0.4 is 0 Å². The molecule has 112 valence electrons. The van der Waals surface area contributed by atoms with Gasteiger partial charge in [0.25, 0.3) is 0 Å². The zero-order valence-electron chi connectivity index (χ0n) is 12.2. The molecule has 5 nitrogen and oxygen atoms in total. The number of aryl methyl sites for hydroxylation is 1. The summed E-state index contributed by atoms with van der Waals surface area (Å²) < 4.78 is 0. The molecule has 0 aromatic carbocycles. The fourth-order valence-corrected chi connectivity index (χ4v) is 1.86. The molecule has 0 spiro atoms. The molecular weight excluding hydrogens is 280 g/mol. The van der Waals surface area contributed by atoms with Crippen molar-refractivity contribution in [2.24, 2.45) is 0 Å². The van der Waals surface area contributed by atoms with Gasteiger partial charge in [-0.05, 0) is 30.2 Å². The Bertz CT molecular complexity index is 689. The van der Waals surface area contributed by atoms with Crippen molar-refractivity contribution in [3.8, 4) is 0 Å². The number of rotatable bonds is 6. The molecule has 0 radical (unpaired) electrons. The molecule has 1 N–H and O–H groups in total.